The second-order valence-electron chi connectivity index (χ2n) is 5.13. The number of aromatic nitrogens is 1. The molecule has 0 spiro atoms. The van der Waals surface area contributed by atoms with Gasteiger partial charge in [0.05, 0.1) is 27.9 Å². The number of carbonyl (C=O) groups is 2. The van der Waals surface area contributed by atoms with Gasteiger partial charge in [0, 0.05) is 17.8 Å². The highest BCUT2D eigenvalue weighted by atomic mass is 35.5. The van der Waals surface area contributed by atoms with Crippen molar-refractivity contribution in [2.75, 3.05) is 5.32 Å². The summed E-state index contributed by atoms with van der Waals surface area (Å²) >= 11 is 6.91. The molecule has 0 fully saturated rings. The number of rotatable bonds is 5. The number of carboxylic acids is 1. The first-order valence-electron chi connectivity index (χ1n) is 6.89. The van der Waals surface area contributed by atoms with E-state index in [-0.39, 0.29) is 22.8 Å². The van der Waals surface area contributed by atoms with Crippen molar-refractivity contribution in [2.45, 2.75) is 25.4 Å². The number of carbonyl (C=O) groups excluding carboxylic acids is 2. The number of alkyl halides is 3. The number of hydrogen-bond donors (Lipinski definition) is 1. The molecule has 1 amide bonds. The van der Waals surface area contributed by atoms with Gasteiger partial charge >= 0.3 is 6.18 Å². The van der Waals surface area contributed by atoms with E-state index >= 15 is 0 Å². The Morgan fingerprint density at radius 3 is 2.68 bits per heavy atom. The molecule has 1 N–H and O–H groups in total. The fourth-order valence-electron chi connectivity index (χ4n) is 1.90. The molecule has 0 saturated heterocycles. The van der Waals surface area contributed by atoms with Gasteiger partial charge in [-0.1, -0.05) is 11.6 Å². The summed E-state index contributed by atoms with van der Waals surface area (Å²) in [6.45, 7) is 1.50. The van der Waals surface area contributed by atoms with Crippen LogP contribution in [0.3, 0.4) is 0 Å². The molecule has 1 atom stereocenters. The molecule has 2 aromatic rings. The molecule has 0 aliphatic rings. The number of aliphatic carboxylic acids is 1. The quantitative estimate of drug-likeness (QED) is 0.849. The van der Waals surface area contributed by atoms with E-state index in [1.165, 1.54) is 12.3 Å². The van der Waals surface area contributed by atoms with E-state index in [0.29, 0.717) is 5.01 Å². The number of hydrogen-bond acceptors (Lipinski definition) is 5. The summed E-state index contributed by atoms with van der Waals surface area (Å²) in [6.07, 6.45) is -4.95. The molecular formula is C15H11ClF3N2O3S-. The van der Waals surface area contributed by atoms with Gasteiger partial charge < -0.3 is 15.2 Å². The number of halogens is 4. The van der Waals surface area contributed by atoms with Gasteiger partial charge in [0.2, 0.25) is 5.91 Å². The van der Waals surface area contributed by atoms with Crippen LogP contribution < -0.4 is 10.4 Å². The minimum atomic E-state index is -4.56. The van der Waals surface area contributed by atoms with Crippen LogP contribution in [0.25, 0.3) is 0 Å². The maximum atomic E-state index is 12.8. The van der Waals surface area contributed by atoms with Crippen LogP contribution in [0.15, 0.2) is 23.6 Å². The van der Waals surface area contributed by atoms with Crippen LogP contribution >= 0.6 is 22.9 Å². The Kier molecular flexibility index (Phi) is 5.69. The SMILES string of the molecule is C[C@@H](C(=O)Nc1cc(C(F)(F)F)ccc1Cl)c1nc(CC(=O)[O-])cs1. The van der Waals surface area contributed by atoms with Crippen LogP contribution in [-0.4, -0.2) is 16.9 Å². The summed E-state index contributed by atoms with van der Waals surface area (Å²) in [5.74, 6) is -2.72. The van der Waals surface area contributed by atoms with Crippen molar-refractivity contribution in [3.63, 3.8) is 0 Å². The van der Waals surface area contributed by atoms with Crippen molar-refractivity contribution in [3.8, 4) is 0 Å². The first-order valence-corrected chi connectivity index (χ1v) is 8.15. The lowest BCUT2D eigenvalue weighted by Gasteiger charge is -2.13. The summed E-state index contributed by atoms with van der Waals surface area (Å²) in [5, 5.41) is 14.7. The van der Waals surface area contributed by atoms with Crippen LogP contribution in [0, 0.1) is 0 Å². The van der Waals surface area contributed by atoms with Crippen LogP contribution in [-0.2, 0) is 22.2 Å². The zero-order valence-electron chi connectivity index (χ0n) is 12.7. The highest BCUT2D eigenvalue weighted by Gasteiger charge is 2.31. The third-order valence-corrected chi connectivity index (χ3v) is 4.62. The third-order valence-electron chi connectivity index (χ3n) is 3.21. The zero-order chi connectivity index (χ0) is 18.8. The van der Waals surface area contributed by atoms with Crippen molar-refractivity contribution >= 4 is 40.5 Å². The van der Waals surface area contributed by atoms with E-state index in [1.807, 2.05) is 0 Å². The van der Waals surface area contributed by atoms with Crippen molar-refractivity contribution < 1.29 is 27.9 Å². The Labute approximate surface area is 149 Å². The summed E-state index contributed by atoms with van der Waals surface area (Å²) in [5.41, 5.74) is -0.859. The maximum Gasteiger partial charge on any atom is 0.416 e. The molecule has 0 aliphatic carbocycles. The molecule has 5 nitrogen and oxygen atoms in total. The number of benzene rings is 1. The van der Waals surface area contributed by atoms with E-state index in [1.54, 1.807) is 0 Å². The first kappa shape index (κ1) is 19.2. The summed E-state index contributed by atoms with van der Waals surface area (Å²) in [4.78, 5) is 26.8. The number of nitrogens with one attached hydrogen (secondary N) is 1. The fraction of sp³-hybridized carbons (Fsp3) is 0.267. The normalized spacial score (nSPS) is 12.7. The molecule has 1 heterocycles. The highest BCUT2D eigenvalue weighted by Crippen LogP contribution is 2.34. The van der Waals surface area contributed by atoms with Gasteiger partial charge in [0.15, 0.2) is 0 Å². The fourth-order valence-corrected chi connectivity index (χ4v) is 2.94. The number of thiazole rings is 1. The second kappa shape index (κ2) is 7.40. The maximum absolute atomic E-state index is 12.8. The molecule has 0 unspecified atom stereocenters. The van der Waals surface area contributed by atoms with E-state index < -0.39 is 29.5 Å². The molecular weight excluding hydrogens is 381 g/mol. The lowest BCUT2D eigenvalue weighted by Crippen LogP contribution is -2.24. The smallest absolute Gasteiger partial charge is 0.416 e. The summed E-state index contributed by atoms with van der Waals surface area (Å²) < 4.78 is 38.3. The number of carboxylic acid groups (broad SMARTS) is 1. The molecule has 2 rings (SSSR count). The molecule has 0 aliphatic heterocycles. The van der Waals surface area contributed by atoms with Gasteiger partial charge in [-0.15, -0.1) is 11.3 Å². The monoisotopic (exact) mass is 391 g/mol. The number of anilines is 1. The molecule has 1 aromatic heterocycles. The van der Waals surface area contributed by atoms with Crippen molar-refractivity contribution in [3.05, 3.63) is 44.9 Å². The average Bonchev–Trinajstić information content (AvgIpc) is 2.95. The Bertz CT molecular complexity index is 808. The molecule has 1 aromatic carbocycles. The van der Waals surface area contributed by atoms with E-state index in [4.69, 9.17) is 11.6 Å². The highest BCUT2D eigenvalue weighted by molar-refractivity contribution is 7.09. The second-order valence-corrected chi connectivity index (χ2v) is 6.43. The topological polar surface area (TPSA) is 82.1 Å². The standard InChI is InChI=1S/C15H12ClF3N2O3S/c1-7(14-20-9(6-25-14)5-12(22)23)13(24)21-11-4-8(15(17,18)19)2-3-10(11)16/h2-4,6-7H,5H2,1H3,(H,21,24)(H,22,23)/p-1/t7-/m0/s1. The van der Waals surface area contributed by atoms with Gasteiger partial charge in [0.1, 0.15) is 5.01 Å². The van der Waals surface area contributed by atoms with Gasteiger partial charge in [0.25, 0.3) is 0 Å². The van der Waals surface area contributed by atoms with E-state index in [0.717, 1.165) is 29.5 Å². The average molecular weight is 392 g/mol. The Hall–Kier alpha value is -2.13. The molecule has 134 valence electrons. The Morgan fingerprint density at radius 2 is 2.08 bits per heavy atom. The van der Waals surface area contributed by atoms with Crippen LogP contribution in [0.2, 0.25) is 5.02 Å². The van der Waals surface area contributed by atoms with Crippen molar-refractivity contribution in [1.82, 2.24) is 4.98 Å². The Morgan fingerprint density at radius 1 is 1.40 bits per heavy atom. The van der Waals surface area contributed by atoms with Crippen molar-refractivity contribution in [1.29, 1.82) is 0 Å². The predicted molar refractivity (Wildman–Crippen MR) is 84.3 cm³/mol. The summed E-state index contributed by atoms with van der Waals surface area (Å²) in [7, 11) is 0. The summed E-state index contributed by atoms with van der Waals surface area (Å²) in [6, 6.07) is 2.61. The minimum Gasteiger partial charge on any atom is -0.550 e. The van der Waals surface area contributed by atoms with Gasteiger partial charge in [-0.3, -0.25) is 4.79 Å². The first-order chi connectivity index (χ1) is 11.6. The molecule has 0 bridgehead atoms. The largest absolute Gasteiger partial charge is 0.550 e. The van der Waals surface area contributed by atoms with Crippen molar-refractivity contribution in [2.24, 2.45) is 0 Å². The van der Waals surface area contributed by atoms with E-state index in [9.17, 15) is 27.9 Å². The van der Waals surface area contributed by atoms with Gasteiger partial charge in [-0.2, -0.15) is 13.2 Å². The molecule has 10 heteroatoms. The third kappa shape index (κ3) is 4.93. The van der Waals surface area contributed by atoms with Gasteiger partial charge in [-0.05, 0) is 25.1 Å². The van der Waals surface area contributed by atoms with E-state index in [2.05, 4.69) is 10.3 Å². The van der Waals surface area contributed by atoms with Crippen LogP contribution in [0.5, 0.6) is 0 Å². The lowest BCUT2D eigenvalue weighted by atomic mass is 10.1. The lowest BCUT2D eigenvalue weighted by molar-refractivity contribution is -0.304. The molecule has 0 radical (unpaired) electrons. The minimum absolute atomic E-state index is 0.0367. The number of nitrogens with zero attached hydrogens (tertiary/aromatic N) is 1. The Balaban J connectivity index is 2.16. The molecule has 0 saturated carbocycles. The van der Waals surface area contributed by atoms with Crippen LogP contribution in [0.1, 0.15) is 29.1 Å². The molecule has 25 heavy (non-hydrogen) atoms. The van der Waals surface area contributed by atoms with Gasteiger partial charge in [-0.25, -0.2) is 4.98 Å². The number of amides is 1. The predicted octanol–water partition coefficient (Wildman–Crippen LogP) is 2.85. The van der Waals surface area contributed by atoms with Crippen LogP contribution in [0.4, 0.5) is 18.9 Å². The zero-order valence-corrected chi connectivity index (χ0v) is 14.3.